The summed E-state index contributed by atoms with van der Waals surface area (Å²) in [4.78, 5) is 24.8. The van der Waals surface area contributed by atoms with Gasteiger partial charge in [-0.05, 0) is 26.2 Å². The molecule has 0 spiro atoms. The van der Waals surface area contributed by atoms with Crippen LogP contribution in [0.5, 0.6) is 0 Å². The smallest absolute Gasteiger partial charge is 0.220 e. The summed E-state index contributed by atoms with van der Waals surface area (Å²) in [5.41, 5.74) is 2.04. The number of carbonyl (C=O) groups is 1. The number of anilines is 1. The maximum atomic E-state index is 11.9. The topological polar surface area (TPSA) is 84.7 Å². The van der Waals surface area contributed by atoms with Gasteiger partial charge in [0.2, 0.25) is 5.91 Å². The van der Waals surface area contributed by atoms with Crippen LogP contribution in [0.4, 0.5) is 5.82 Å². The first-order valence-electron chi connectivity index (χ1n) is 9.47. The molecule has 1 aliphatic rings. The number of imidazole rings is 1. The van der Waals surface area contributed by atoms with E-state index in [1.807, 2.05) is 24.5 Å². The van der Waals surface area contributed by atoms with Crippen LogP contribution in [0, 0.1) is 19.8 Å². The van der Waals surface area contributed by atoms with Gasteiger partial charge in [-0.1, -0.05) is 25.7 Å². The Kier molecular flexibility index (Phi) is 6.20. The van der Waals surface area contributed by atoms with Crippen molar-refractivity contribution in [3.05, 3.63) is 30.1 Å². The van der Waals surface area contributed by atoms with Crippen LogP contribution < -0.4 is 10.6 Å². The minimum Gasteiger partial charge on any atom is -0.368 e. The zero-order valence-electron chi connectivity index (χ0n) is 15.7. The maximum absolute atomic E-state index is 11.9. The molecule has 2 aromatic heterocycles. The third kappa shape index (κ3) is 4.80. The van der Waals surface area contributed by atoms with Gasteiger partial charge in [0.25, 0.3) is 0 Å². The Bertz CT molecular complexity index is 735. The van der Waals surface area contributed by atoms with Crippen molar-refractivity contribution in [2.45, 2.75) is 52.4 Å². The highest BCUT2D eigenvalue weighted by molar-refractivity contribution is 5.75. The second-order valence-electron chi connectivity index (χ2n) is 7.01. The van der Waals surface area contributed by atoms with Crippen molar-refractivity contribution >= 4 is 11.7 Å². The number of hydrogen-bond acceptors (Lipinski definition) is 5. The molecule has 1 aliphatic carbocycles. The minimum absolute atomic E-state index is 0.145. The van der Waals surface area contributed by atoms with E-state index in [2.05, 4.69) is 25.6 Å². The number of nitrogens with one attached hydrogen (secondary N) is 2. The van der Waals surface area contributed by atoms with Crippen LogP contribution in [0.1, 0.15) is 49.9 Å². The summed E-state index contributed by atoms with van der Waals surface area (Å²) in [5, 5.41) is 6.21. The number of hydrogen-bond donors (Lipinski definition) is 2. The number of rotatable bonds is 8. The van der Waals surface area contributed by atoms with Gasteiger partial charge in [0.05, 0.1) is 5.69 Å². The Morgan fingerprint density at radius 3 is 2.73 bits per heavy atom. The fourth-order valence-corrected chi connectivity index (χ4v) is 3.42. The van der Waals surface area contributed by atoms with E-state index in [4.69, 9.17) is 0 Å². The van der Waals surface area contributed by atoms with Crippen molar-refractivity contribution in [3.8, 4) is 5.82 Å². The molecule has 140 valence electrons. The largest absolute Gasteiger partial charge is 0.368 e. The van der Waals surface area contributed by atoms with Crippen molar-refractivity contribution in [1.82, 2.24) is 24.8 Å². The number of amides is 1. The van der Waals surface area contributed by atoms with Gasteiger partial charge in [0.1, 0.15) is 24.3 Å². The molecule has 0 aromatic carbocycles. The van der Waals surface area contributed by atoms with E-state index < -0.39 is 0 Å². The van der Waals surface area contributed by atoms with Crippen LogP contribution in [0.15, 0.2) is 18.7 Å². The molecular formula is C19H28N6O. The first-order chi connectivity index (χ1) is 12.6. The Labute approximate surface area is 154 Å². The zero-order chi connectivity index (χ0) is 18.4. The molecule has 2 heterocycles. The molecule has 26 heavy (non-hydrogen) atoms. The summed E-state index contributed by atoms with van der Waals surface area (Å²) in [6.07, 6.45) is 10.2. The Morgan fingerprint density at radius 2 is 2.00 bits per heavy atom. The molecule has 0 unspecified atom stereocenters. The molecule has 1 saturated carbocycles. The van der Waals surface area contributed by atoms with Gasteiger partial charge >= 0.3 is 0 Å². The molecule has 1 fully saturated rings. The molecule has 2 aromatic rings. The summed E-state index contributed by atoms with van der Waals surface area (Å²) < 4.78 is 1.94. The van der Waals surface area contributed by atoms with Crippen molar-refractivity contribution in [2.24, 2.45) is 5.92 Å². The third-order valence-corrected chi connectivity index (χ3v) is 5.16. The zero-order valence-corrected chi connectivity index (χ0v) is 15.7. The average Bonchev–Trinajstić information content (AvgIpc) is 3.28. The highest BCUT2D eigenvalue weighted by Crippen LogP contribution is 2.28. The number of nitrogens with zero attached hydrogens (tertiary/aromatic N) is 4. The lowest BCUT2D eigenvalue weighted by Crippen LogP contribution is -2.29. The Morgan fingerprint density at radius 1 is 1.19 bits per heavy atom. The number of carbonyl (C=O) groups excluding carboxylic acids is 1. The predicted molar refractivity (Wildman–Crippen MR) is 101 cm³/mol. The quantitative estimate of drug-likeness (QED) is 0.711. The molecule has 0 saturated heterocycles. The average molecular weight is 356 g/mol. The van der Waals surface area contributed by atoms with Gasteiger partial charge in [-0.25, -0.2) is 15.0 Å². The van der Waals surface area contributed by atoms with Crippen LogP contribution in [-0.4, -0.2) is 38.5 Å². The summed E-state index contributed by atoms with van der Waals surface area (Å²) in [7, 11) is 0. The maximum Gasteiger partial charge on any atom is 0.220 e. The third-order valence-electron chi connectivity index (χ3n) is 5.16. The second-order valence-corrected chi connectivity index (χ2v) is 7.01. The van der Waals surface area contributed by atoms with Crippen molar-refractivity contribution in [3.63, 3.8) is 0 Å². The monoisotopic (exact) mass is 356 g/mol. The van der Waals surface area contributed by atoms with Gasteiger partial charge < -0.3 is 10.6 Å². The van der Waals surface area contributed by atoms with Gasteiger partial charge in [0, 0.05) is 31.3 Å². The second kappa shape index (κ2) is 8.78. The molecule has 2 N–H and O–H groups in total. The molecule has 1 amide bonds. The SMILES string of the molecule is Cc1ncn(-c2cc(NCCNC(=O)CCC3CCCC3)ncn2)c1C. The van der Waals surface area contributed by atoms with Gasteiger partial charge in [-0.3, -0.25) is 9.36 Å². The van der Waals surface area contributed by atoms with Crippen LogP contribution in [0.2, 0.25) is 0 Å². The lowest BCUT2D eigenvalue weighted by atomic mass is 10.0. The molecule has 3 rings (SSSR count). The first-order valence-corrected chi connectivity index (χ1v) is 9.47. The Hall–Kier alpha value is -2.44. The van der Waals surface area contributed by atoms with Crippen LogP contribution >= 0.6 is 0 Å². The lowest BCUT2D eigenvalue weighted by molar-refractivity contribution is -0.121. The first kappa shape index (κ1) is 18.4. The lowest BCUT2D eigenvalue weighted by Gasteiger charge is -2.10. The van der Waals surface area contributed by atoms with Crippen LogP contribution in [-0.2, 0) is 4.79 Å². The van der Waals surface area contributed by atoms with Gasteiger partial charge in [-0.15, -0.1) is 0 Å². The molecule has 0 atom stereocenters. The summed E-state index contributed by atoms with van der Waals surface area (Å²) in [6.45, 7) is 5.21. The highest BCUT2D eigenvalue weighted by Gasteiger charge is 2.15. The predicted octanol–water partition coefficient (Wildman–Crippen LogP) is 2.78. The molecule has 0 aliphatic heterocycles. The normalized spacial score (nSPS) is 14.5. The van der Waals surface area contributed by atoms with Crippen LogP contribution in [0.3, 0.4) is 0 Å². The van der Waals surface area contributed by atoms with E-state index in [1.54, 1.807) is 6.33 Å². The number of aromatic nitrogens is 4. The van der Waals surface area contributed by atoms with E-state index in [9.17, 15) is 4.79 Å². The molecule has 0 radical (unpaired) electrons. The van der Waals surface area contributed by atoms with E-state index in [1.165, 1.54) is 32.0 Å². The fraction of sp³-hybridized carbons (Fsp3) is 0.579. The number of aryl methyl sites for hydroxylation is 1. The van der Waals surface area contributed by atoms with Crippen molar-refractivity contribution < 1.29 is 4.79 Å². The molecule has 0 bridgehead atoms. The summed E-state index contributed by atoms with van der Waals surface area (Å²) in [5.74, 6) is 2.42. The van der Waals surface area contributed by atoms with Gasteiger partial charge in [-0.2, -0.15) is 0 Å². The molecular weight excluding hydrogens is 328 g/mol. The van der Waals surface area contributed by atoms with E-state index >= 15 is 0 Å². The minimum atomic E-state index is 0.145. The molecule has 7 heteroatoms. The fourth-order valence-electron chi connectivity index (χ4n) is 3.42. The van der Waals surface area contributed by atoms with Gasteiger partial charge in [0.15, 0.2) is 0 Å². The van der Waals surface area contributed by atoms with E-state index in [-0.39, 0.29) is 5.91 Å². The summed E-state index contributed by atoms with van der Waals surface area (Å²) >= 11 is 0. The van der Waals surface area contributed by atoms with E-state index in [0.29, 0.717) is 19.5 Å². The standard InChI is InChI=1S/C19H28N6O/c1-14-15(2)25(13-24-14)18-11-17(22-12-23-18)20-9-10-21-19(26)8-7-16-5-3-4-6-16/h11-13,16H,3-10H2,1-2H3,(H,21,26)(H,20,22,23). The highest BCUT2D eigenvalue weighted by atomic mass is 16.1. The van der Waals surface area contributed by atoms with Crippen molar-refractivity contribution in [1.29, 1.82) is 0 Å². The van der Waals surface area contributed by atoms with E-state index in [0.717, 1.165) is 35.4 Å². The molecule has 7 nitrogen and oxygen atoms in total. The van der Waals surface area contributed by atoms with Crippen LogP contribution in [0.25, 0.3) is 5.82 Å². The van der Waals surface area contributed by atoms with Crippen molar-refractivity contribution in [2.75, 3.05) is 18.4 Å². The Balaban J connectivity index is 1.41. The summed E-state index contributed by atoms with van der Waals surface area (Å²) in [6, 6.07) is 1.88.